The van der Waals surface area contributed by atoms with Gasteiger partial charge in [-0.2, -0.15) is 5.10 Å². The lowest BCUT2D eigenvalue weighted by molar-refractivity contribution is -0.126. The van der Waals surface area contributed by atoms with Gasteiger partial charge in [0.1, 0.15) is 5.54 Å². The Labute approximate surface area is 158 Å². The zero-order valence-corrected chi connectivity index (χ0v) is 16.1. The Morgan fingerprint density at radius 3 is 2.76 bits per heavy atom. The van der Waals surface area contributed by atoms with Crippen LogP contribution in [0.4, 0.5) is 5.00 Å². The molecule has 1 aliphatic carbocycles. The fraction of sp³-hybridized carbons (Fsp3) is 0.556. The highest BCUT2D eigenvalue weighted by atomic mass is 35.5. The van der Waals surface area contributed by atoms with E-state index in [4.69, 9.17) is 0 Å². The van der Waals surface area contributed by atoms with E-state index >= 15 is 0 Å². The van der Waals surface area contributed by atoms with Crippen molar-refractivity contribution in [3.63, 3.8) is 0 Å². The van der Waals surface area contributed by atoms with Crippen molar-refractivity contribution < 1.29 is 4.79 Å². The van der Waals surface area contributed by atoms with Crippen LogP contribution in [0.3, 0.4) is 0 Å². The monoisotopic (exact) mass is 380 g/mol. The Kier molecular flexibility index (Phi) is 5.51. The van der Waals surface area contributed by atoms with Crippen molar-refractivity contribution in [2.75, 3.05) is 18.4 Å². The molecule has 0 saturated carbocycles. The molecule has 25 heavy (non-hydrogen) atoms. The van der Waals surface area contributed by atoms with E-state index in [1.807, 2.05) is 16.9 Å². The number of aromatic nitrogens is 2. The van der Waals surface area contributed by atoms with Crippen LogP contribution in [0.2, 0.25) is 0 Å². The number of piperidine rings is 1. The number of fused-ring (bicyclic) bond motifs is 1. The van der Waals surface area contributed by atoms with Gasteiger partial charge in [0.15, 0.2) is 0 Å². The number of aryl methyl sites for hydroxylation is 1. The minimum atomic E-state index is -0.578. The summed E-state index contributed by atoms with van der Waals surface area (Å²) in [6.07, 6.45) is 10.1. The molecule has 1 saturated heterocycles. The van der Waals surface area contributed by atoms with Crippen LogP contribution in [0.15, 0.2) is 18.5 Å². The van der Waals surface area contributed by atoms with Crippen molar-refractivity contribution in [2.45, 2.75) is 51.0 Å². The summed E-state index contributed by atoms with van der Waals surface area (Å²) in [6.45, 7) is 3.83. The third-order valence-electron chi connectivity index (χ3n) is 5.46. The van der Waals surface area contributed by atoms with E-state index in [9.17, 15) is 4.79 Å². The van der Waals surface area contributed by atoms with Crippen molar-refractivity contribution in [1.29, 1.82) is 0 Å². The van der Waals surface area contributed by atoms with E-state index in [1.165, 1.54) is 28.8 Å². The molecule has 7 heteroatoms. The molecule has 2 aliphatic rings. The lowest BCUT2D eigenvalue weighted by Crippen LogP contribution is -2.52. The molecule has 0 spiro atoms. The summed E-state index contributed by atoms with van der Waals surface area (Å²) in [7, 11) is 0. The Hall–Kier alpha value is -1.37. The normalized spacial score (nSPS) is 18.9. The predicted octanol–water partition coefficient (Wildman–Crippen LogP) is 3.27. The molecule has 2 aromatic heterocycles. The summed E-state index contributed by atoms with van der Waals surface area (Å²) in [5.74, 6) is 0.0781. The van der Waals surface area contributed by atoms with Crippen LogP contribution in [-0.2, 0) is 23.2 Å². The molecular formula is C18H25ClN4OS. The van der Waals surface area contributed by atoms with Crippen molar-refractivity contribution in [2.24, 2.45) is 0 Å². The molecule has 4 rings (SSSR count). The number of rotatable bonds is 3. The molecule has 2 N–H and O–H groups in total. The molecule has 1 fully saturated rings. The van der Waals surface area contributed by atoms with Crippen molar-refractivity contribution in [1.82, 2.24) is 15.1 Å². The number of thiophene rings is 1. The van der Waals surface area contributed by atoms with E-state index < -0.39 is 5.54 Å². The highest BCUT2D eigenvalue weighted by Crippen LogP contribution is 2.38. The van der Waals surface area contributed by atoms with Crippen LogP contribution >= 0.6 is 23.7 Å². The number of hydrogen-bond donors (Lipinski definition) is 2. The van der Waals surface area contributed by atoms with Crippen LogP contribution in [0.25, 0.3) is 0 Å². The molecule has 0 unspecified atom stereocenters. The first-order valence-electron chi connectivity index (χ1n) is 8.84. The Morgan fingerprint density at radius 2 is 2.08 bits per heavy atom. The van der Waals surface area contributed by atoms with E-state index in [2.05, 4.69) is 22.7 Å². The van der Waals surface area contributed by atoms with Crippen LogP contribution in [0, 0.1) is 6.92 Å². The number of halogens is 1. The summed E-state index contributed by atoms with van der Waals surface area (Å²) in [5, 5.41) is 12.0. The van der Waals surface area contributed by atoms with Gasteiger partial charge in [-0.3, -0.25) is 9.48 Å². The largest absolute Gasteiger partial charge is 0.317 e. The number of nitrogens with zero attached hydrogens (tertiary/aromatic N) is 2. The van der Waals surface area contributed by atoms with E-state index in [0.29, 0.717) is 0 Å². The molecule has 1 aliphatic heterocycles. The summed E-state index contributed by atoms with van der Waals surface area (Å²) in [5.41, 5.74) is 2.17. The summed E-state index contributed by atoms with van der Waals surface area (Å²) in [4.78, 5) is 14.7. The third kappa shape index (κ3) is 3.23. The van der Waals surface area contributed by atoms with Crippen molar-refractivity contribution in [3.05, 3.63) is 34.5 Å². The van der Waals surface area contributed by atoms with Crippen LogP contribution in [-0.4, -0.2) is 28.8 Å². The maximum Gasteiger partial charge on any atom is 0.253 e. The Balaban J connectivity index is 0.00000182. The number of amides is 1. The van der Waals surface area contributed by atoms with Gasteiger partial charge in [0.2, 0.25) is 0 Å². The summed E-state index contributed by atoms with van der Waals surface area (Å²) < 4.78 is 1.85. The predicted molar refractivity (Wildman–Crippen MR) is 104 cm³/mol. The highest BCUT2D eigenvalue weighted by Gasteiger charge is 2.42. The molecule has 0 bridgehead atoms. The van der Waals surface area contributed by atoms with Gasteiger partial charge in [0.05, 0.1) is 5.00 Å². The first kappa shape index (κ1) is 18.4. The van der Waals surface area contributed by atoms with Gasteiger partial charge in [-0.1, -0.05) is 0 Å². The van der Waals surface area contributed by atoms with E-state index in [0.717, 1.165) is 43.8 Å². The zero-order chi connectivity index (χ0) is 16.6. The fourth-order valence-electron chi connectivity index (χ4n) is 3.98. The average molecular weight is 381 g/mol. The van der Waals surface area contributed by atoms with Crippen LogP contribution in [0.1, 0.15) is 41.7 Å². The Bertz CT molecular complexity index is 735. The first-order valence-corrected chi connectivity index (χ1v) is 9.66. The van der Waals surface area contributed by atoms with E-state index in [1.54, 1.807) is 17.5 Å². The average Bonchev–Trinajstić information content (AvgIpc) is 3.25. The van der Waals surface area contributed by atoms with Gasteiger partial charge in [-0.15, -0.1) is 23.7 Å². The topological polar surface area (TPSA) is 59.0 Å². The number of carbonyl (C=O) groups is 1. The minimum Gasteiger partial charge on any atom is -0.317 e. The lowest BCUT2D eigenvalue weighted by atomic mass is 9.87. The third-order valence-corrected chi connectivity index (χ3v) is 6.77. The van der Waals surface area contributed by atoms with Crippen LogP contribution < -0.4 is 10.6 Å². The van der Waals surface area contributed by atoms with Gasteiger partial charge in [0, 0.05) is 17.3 Å². The molecule has 1 amide bonds. The fourth-order valence-corrected chi connectivity index (χ4v) is 5.28. The van der Waals surface area contributed by atoms with Gasteiger partial charge < -0.3 is 10.6 Å². The maximum atomic E-state index is 13.3. The highest BCUT2D eigenvalue weighted by molar-refractivity contribution is 7.16. The summed E-state index contributed by atoms with van der Waals surface area (Å²) in [6, 6.07) is 1.90. The second kappa shape index (κ2) is 7.48. The van der Waals surface area contributed by atoms with Crippen molar-refractivity contribution >= 4 is 34.7 Å². The summed E-state index contributed by atoms with van der Waals surface area (Å²) >= 11 is 1.77. The van der Waals surface area contributed by atoms with Gasteiger partial charge in [-0.25, -0.2) is 0 Å². The number of hydrogen-bond acceptors (Lipinski definition) is 4. The molecule has 2 aromatic rings. The van der Waals surface area contributed by atoms with E-state index in [-0.39, 0.29) is 18.3 Å². The standard InChI is InChI=1S/C18H24N4OS.ClH/c1-13-14-5-2-3-6-15(14)24-16(13)21-17(23)18(7-10-19-11-8-18)22-12-4-9-20-22;/h4,9,12,19H,2-3,5-8,10-11H2,1H3,(H,21,23);1H. The smallest absolute Gasteiger partial charge is 0.253 e. The molecule has 0 aromatic carbocycles. The number of anilines is 1. The molecular weight excluding hydrogens is 356 g/mol. The van der Waals surface area contributed by atoms with Crippen molar-refractivity contribution in [3.8, 4) is 0 Å². The number of carbonyl (C=O) groups excluding carboxylic acids is 1. The second-order valence-electron chi connectivity index (χ2n) is 6.85. The first-order chi connectivity index (χ1) is 11.7. The lowest BCUT2D eigenvalue weighted by Gasteiger charge is -2.36. The second-order valence-corrected chi connectivity index (χ2v) is 7.96. The zero-order valence-electron chi connectivity index (χ0n) is 14.5. The molecule has 0 atom stereocenters. The molecule has 136 valence electrons. The molecule has 5 nitrogen and oxygen atoms in total. The number of nitrogens with one attached hydrogen (secondary N) is 2. The Morgan fingerprint density at radius 1 is 1.32 bits per heavy atom. The minimum absolute atomic E-state index is 0. The maximum absolute atomic E-state index is 13.3. The van der Waals surface area contributed by atoms with Crippen LogP contribution in [0.5, 0.6) is 0 Å². The van der Waals surface area contributed by atoms with Gasteiger partial charge in [0.25, 0.3) is 5.91 Å². The van der Waals surface area contributed by atoms with Gasteiger partial charge >= 0.3 is 0 Å². The van der Waals surface area contributed by atoms with Gasteiger partial charge in [-0.05, 0) is 75.7 Å². The molecule has 0 radical (unpaired) electrons. The molecule has 3 heterocycles. The quantitative estimate of drug-likeness (QED) is 0.859. The SMILES string of the molecule is Cc1c(NC(=O)C2(n3cccn3)CCNCC2)sc2c1CCCC2.Cl.